The van der Waals surface area contributed by atoms with Crippen molar-refractivity contribution < 1.29 is 8.42 Å². The predicted molar refractivity (Wildman–Crippen MR) is 129 cm³/mol. The minimum atomic E-state index is -2.93. The first-order valence-corrected chi connectivity index (χ1v) is 12.4. The number of rotatable bonds is 7. The first-order chi connectivity index (χ1) is 12.7. The van der Waals surface area contributed by atoms with Gasteiger partial charge in [0.25, 0.3) is 0 Å². The Morgan fingerprint density at radius 1 is 1.14 bits per heavy atom. The highest BCUT2D eigenvalue weighted by molar-refractivity contribution is 14.0. The molecule has 0 aromatic carbocycles. The van der Waals surface area contributed by atoms with Gasteiger partial charge in [0, 0.05) is 31.4 Å². The van der Waals surface area contributed by atoms with Crippen LogP contribution < -0.4 is 10.6 Å². The van der Waals surface area contributed by atoms with Crippen molar-refractivity contribution in [2.75, 3.05) is 58.8 Å². The molecule has 2 heterocycles. The van der Waals surface area contributed by atoms with Gasteiger partial charge in [0.05, 0.1) is 5.75 Å². The van der Waals surface area contributed by atoms with Gasteiger partial charge in [-0.15, -0.1) is 24.0 Å². The molecule has 0 aliphatic carbocycles. The van der Waals surface area contributed by atoms with Crippen LogP contribution in [0.15, 0.2) is 4.99 Å². The van der Waals surface area contributed by atoms with Crippen molar-refractivity contribution in [3.05, 3.63) is 0 Å². The van der Waals surface area contributed by atoms with Crippen LogP contribution in [0.5, 0.6) is 0 Å². The molecule has 2 saturated heterocycles. The van der Waals surface area contributed by atoms with Crippen molar-refractivity contribution in [2.24, 2.45) is 4.99 Å². The normalized spacial score (nSPS) is 22.9. The van der Waals surface area contributed by atoms with Crippen LogP contribution in [0.4, 0.5) is 0 Å². The average molecular weight is 530 g/mol. The Hall–Kier alpha value is -0.130. The Labute approximate surface area is 189 Å². The highest BCUT2D eigenvalue weighted by Gasteiger charge is 2.39. The van der Waals surface area contributed by atoms with Gasteiger partial charge in [-0.1, -0.05) is 6.42 Å². The molecule has 0 bridgehead atoms. The van der Waals surface area contributed by atoms with Crippen LogP contribution in [0.25, 0.3) is 0 Å². The zero-order chi connectivity index (χ0) is 19.9. The lowest BCUT2D eigenvalue weighted by molar-refractivity contribution is 0.0173. The van der Waals surface area contributed by atoms with Gasteiger partial charge in [0.1, 0.15) is 9.84 Å². The third kappa shape index (κ3) is 8.31. The van der Waals surface area contributed by atoms with E-state index >= 15 is 0 Å². The van der Waals surface area contributed by atoms with Crippen LogP contribution in [-0.4, -0.2) is 94.6 Å². The third-order valence-corrected chi connectivity index (χ3v) is 7.04. The number of halogens is 1. The number of sulfone groups is 1. The van der Waals surface area contributed by atoms with Crippen molar-refractivity contribution in [1.29, 1.82) is 0 Å². The summed E-state index contributed by atoms with van der Waals surface area (Å²) in [6.07, 6.45) is 8.17. The molecule has 0 aromatic heterocycles. The van der Waals surface area contributed by atoms with Crippen molar-refractivity contribution in [3.63, 3.8) is 0 Å². The molecule has 7 nitrogen and oxygen atoms in total. The third-order valence-electron chi connectivity index (χ3n) is 6.06. The number of nitrogens with zero attached hydrogens (tertiary/aromatic N) is 3. The molecule has 0 saturated carbocycles. The zero-order valence-electron chi connectivity index (χ0n) is 18.0. The lowest BCUT2D eigenvalue weighted by atomic mass is 9.84. The molecular weight excluding hydrogens is 489 g/mol. The number of hydrogen-bond donors (Lipinski definition) is 2. The van der Waals surface area contributed by atoms with Crippen molar-refractivity contribution in [3.8, 4) is 0 Å². The van der Waals surface area contributed by atoms with Crippen LogP contribution in [0, 0.1) is 0 Å². The lowest BCUT2D eigenvalue weighted by Gasteiger charge is -2.50. The highest BCUT2D eigenvalue weighted by atomic mass is 127. The number of guanidine groups is 1. The Kier molecular flexibility index (Phi) is 11.0. The van der Waals surface area contributed by atoms with Crippen LogP contribution in [0.3, 0.4) is 0 Å². The largest absolute Gasteiger partial charge is 0.355 e. The topological polar surface area (TPSA) is 77.0 Å². The van der Waals surface area contributed by atoms with E-state index in [9.17, 15) is 8.42 Å². The van der Waals surface area contributed by atoms with Gasteiger partial charge in [-0.2, -0.15) is 0 Å². The van der Waals surface area contributed by atoms with Gasteiger partial charge in [-0.3, -0.25) is 9.89 Å². The Bertz CT molecular complexity index is 585. The number of aliphatic imine (C=N–C) groups is 1. The molecule has 1 unspecified atom stereocenters. The van der Waals surface area contributed by atoms with Crippen molar-refractivity contribution in [1.82, 2.24) is 20.4 Å². The van der Waals surface area contributed by atoms with Crippen molar-refractivity contribution in [2.45, 2.75) is 57.0 Å². The van der Waals surface area contributed by atoms with Gasteiger partial charge < -0.3 is 15.5 Å². The fourth-order valence-electron chi connectivity index (χ4n) is 4.15. The van der Waals surface area contributed by atoms with Gasteiger partial charge in [-0.05, 0) is 72.3 Å². The van der Waals surface area contributed by atoms with Crippen molar-refractivity contribution >= 4 is 39.8 Å². The van der Waals surface area contributed by atoms with E-state index < -0.39 is 9.84 Å². The summed E-state index contributed by atoms with van der Waals surface area (Å²) in [5.41, 5.74) is 0.195. The fourth-order valence-corrected chi connectivity index (χ4v) is 4.93. The second-order valence-corrected chi connectivity index (χ2v) is 10.7. The maximum absolute atomic E-state index is 11.4. The molecule has 0 radical (unpaired) electrons. The summed E-state index contributed by atoms with van der Waals surface area (Å²) in [7, 11) is 1.05. The second-order valence-electron chi connectivity index (χ2n) is 8.47. The van der Waals surface area contributed by atoms with Gasteiger partial charge >= 0.3 is 0 Å². The number of piperidine rings is 2. The Balaban J connectivity index is 0.00000392. The van der Waals surface area contributed by atoms with E-state index in [1.165, 1.54) is 51.4 Å². The number of likely N-dealkylation sites (tertiary alicyclic amines) is 2. The molecule has 28 heavy (non-hydrogen) atoms. The molecule has 2 rings (SSSR count). The maximum Gasteiger partial charge on any atom is 0.191 e. The average Bonchev–Trinajstić information content (AvgIpc) is 2.65. The molecule has 2 N–H and O–H groups in total. The summed E-state index contributed by atoms with van der Waals surface area (Å²) >= 11 is 0. The monoisotopic (exact) mass is 529 g/mol. The van der Waals surface area contributed by atoms with Gasteiger partial charge in [0.15, 0.2) is 5.96 Å². The summed E-state index contributed by atoms with van der Waals surface area (Å²) in [5, 5.41) is 6.90. The Morgan fingerprint density at radius 2 is 1.75 bits per heavy atom. The Morgan fingerprint density at radius 3 is 2.29 bits per heavy atom. The van der Waals surface area contributed by atoms with Crippen LogP contribution >= 0.6 is 24.0 Å². The van der Waals surface area contributed by atoms with E-state index in [0.29, 0.717) is 6.42 Å². The summed E-state index contributed by atoms with van der Waals surface area (Å²) in [4.78, 5) is 9.49. The minimum absolute atomic E-state index is 0. The molecule has 0 spiro atoms. The van der Waals surface area contributed by atoms with Crippen LogP contribution in [0.1, 0.15) is 45.4 Å². The van der Waals surface area contributed by atoms with E-state index in [-0.39, 0.29) is 41.3 Å². The fraction of sp³-hybridized carbons (Fsp3) is 0.947. The molecule has 9 heteroatoms. The highest BCUT2D eigenvalue weighted by Crippen LogP contribution is 2.30. The standard InChI is InChI=1S/C19H39N5O2S.HI/c1-17(8-15-27(4,25)26)22-18(20-2)21-16-19(9-13-23(3)14-10-19)24-11-6-5-7-12-24;/h17H,5-16H2,1-4H3,(H2,20,21,22);1H. The summed E-state index contributed by atoms with van der Waals surface area (Å²) < 4.78 is 22.8. The van der Waals surface area contributed by atoms with E-state index in [2.05, 4.69) is 32.5 Å². The number of nitrogens with one attached hydrogen (secondary N) is 2. The molecule has 2 aliphatic heterocycles. The number of hydrogen-bond acceptors (Lipinski definition) is 5. The van der Waals surface area contributed by atoms with Crippen LogP contribution in [0.2, 0.25) is 0 Å². The van der Waals surface area contributed by atoms with E-state index in [1.54, 1.807) is 7.05 Å². The maximum atomic E-state index is 11.4. The minimum Gasteiger partial charge on any atom is -0.355 e. The molecule has 2 aliphatic rings. The summed E-state index contributed by atoms with van der Waals surface area (Å²) in [6, 6.07) is 0.0642. The molecule has 0 aromatic rings. The summed E-state index contributed by atoms with van der Waals surface area (Å²) in [6.45, 7) is 7.56. The van der Waals surface area contributed by atoms with E-state index in [4.69, 9.17) is 0 Å². The second kappa shape index (κ2) is 11.9. The lowest BCUT2D eigenvalue weighted by Crippen LogP contribution is -2.62. The van der Waals surface area contributed by atoms with Gasteiger partial charge in [-0.25, -0.2) is 8.42 Å². The SMILES string of the molecule is CN=C(NCC1(N2CCCCC2)CCN(C)CC1)NC(C)CCS(C)(=O)=O.I. The van der Waals surface area contributed by atoms with Gasteiger partial charge in [0.2, 0.25) is 0 Å². The predicted octanol–water partition coefficient (Wildman–Crippen LogP) is 1.54. The van der Waals surface area contributed by atoms with Crippen LogP contribution in [-0.2, 0) is 9.84 Å². The molecule has 166 valence electrons. The smallest absolute Gasteiger partial charge is 0.191 e. The molecule has 0 amide bonds. The zero-order valence-corrected chi connectivity index (χ0v) is 21.2. The molecular formula is C19H40IN5O2S. The van der Waals surface area contributed by atoms with E-state index in [1.807, 2.05) is 6.92 Å². The first-order valence-electron chi connectivity index (χ1n) is 10.3. The molecule has 1 atom stereocenters. The quantitative estimate of drug-likeness (QED) is 0.296. The summed E-state index contributed by atoms with van der Waals surface area (Å²) in [5.74, 6) is 0.966. The van der Waals surface area contributed by atoms with E-state index in [0.717, 1.165) is 25.6 Å². The first kappa shape index (κ1) is 25.9. The molecule has 2 fully saturated rings.